The summed E-state index contributed by atoms with van der Waals surface area (Å²) in [6.45, 7) is 0. The van der Waals surface area contributed by atoms with Gasteiger partial charge in [-0.1, -0.05) is 53.0 Å². The quantitative estimate of drug-likeness (QED) is 0.489. The molecule has 0 spiro atoms. The molecule has 0 aliphatic rings. The molecule has 0 aliphatic carbocycles. The second-order valence-corrected chi connectivity index (χ2v) is 8.14. The molecule has 0 bridgehead atoms. The second kappa shape index (κ2) is 7.76. The monoisotopic (exact) mass is 427 g/mol. The molecule has 3 aromatic carbocycles. The van der Waals surface area contributed by atoms with Gasteiger partial charge in [-0.15, -0.1) is 0 Å². The number of anilines is 1. The Balaban J connectivity index is 1.80. The van der Waals surface area contributed by atoms with Crippen molar-refractivity contribution in [3.63, 3.8) is 0 Å². The van der Waals surface area contributed by atoms with Gasteiger partial charge in [-0.25, -0.2) is 8.42 Å². The van der Waals surface area contributed by atoms with Crippen LogP contribution in [0.15, 0.2) is 71.6 Å². The number of hydrogen-bond donors (Lipinski definition) is 1. The van der Waals surface area contributed by atoms with Gasteiger partial charge in [0.2, 0.25) is 0 Å². The third-order valence-electron chi connectivity index (χ3n) is 3.37. The highest BCUT2D eigenvalue weighted by Crippen LogP contribution is 2.33. The average molecular weight is 429 g/mol. The fourth-order valence-corrected chi connectivity index (χ4v) is 3.84. The number of rotatable bonds is 5. The molecular weight excluding hydrogens is 417 g/mol. The highest BCUT2D eigenvalue weighted by molar-refractivity contribution is 7.92. The van der Waals surface area contributed by atoms with Crippen LogP contribution < -0.4 is 9.46 Å². The second-order valence-electron chi connectivity index (χ2n) is 5.24. The first-order valence-electron chi connectivity index (χ1n) is 7.35. The van der Waals surface area contributed by atoms with E-state index in [4.69, 9.17) is 39.5 Å². The molecule has 0 saturated carbocycles. The summed E-state index contributed by atoms with van der Waals surface area (Å²) in [5, 5.41) is 0.578. The Kier molecular flexibility index (Phi) is 5.63. The maximum atomic E-state index is 12.5. The molecule has 0 fully saturated rings. The summed E-state index contributed by atoms with van der Waals surface area (Å²) in [5.41, 5.74) is 0.144. The topological polar surface area (TPSA) is 55.4 Å². The molecular formula is C18H12Cl3NO3S. The molecule has 0 aromatic heterocycles. The summed E-state index contributed by atoms with van der Waals surface area (Å²) in [4.78, 5) is 0.0556. The van der Waals surface area contributed by atoms with Gasteiger partial charge in [-0.2, -0.15) is 0 Å². The molecule has 0 saturated heterocycles. The van der Waals surface area contributed by atoms with Crippen molar-refractivity contribution in [1.82, 2.24) is 0 Å². The van der Waals surface area contributed by atoms with Crippen LogP contribution in [-0.2, 0) is 10.0 Å². The zero-order valence-corrected chi connectivity index (χ0v) is 16.2. The van der Waals surface area contributed by atoms with Crippen LogP contribution in [0.5, 0.6) is 11.5 Å². The standard InChI is InChI=1S/C18H12Cl3NO3S/c19-15-10-17(21)18(11-16(15)20)22-26(23,24)14-8-6-13(7-9-14)25-12-4-2-1-3-5-12/h1-11,22H. The van der Waals surface area contributed by atoms with Crippen LogP contribution >= 0.6 is 34.8 Å². The SMILES string of the molecule is O=S(=O)(Nc1cc(Cl)c(Cl)cc1Cl)c1ccc(Oc2ccccc2)cc1. The summed E-state index contributed by atoms with van der Waals surface area (Å²) in [6, 6.07) is 17.9. The summed E-state index contributed by atoms with van der Waals surface area (Å²) in [5.74, 6) is 1.17. The first-order valence-corrected chi connectivity index (χ1v) is 9.97. The largest absolute Gasteiger partial charge is 0.457 e. The first-order chi connectivity index (χ1) is 12.3. The van der Waals surface area contributed by atoms with E-state index in [0.29, 0.717) is 11.5 Å². The van der Waals surface area contributed by atoms with Gasteiger partial charge in [0, 0.05) is 0 Å². The van der Waals surface area contributed by atoms with E-state index in [9.17, 15) is 8.42 Å². The third kappa shape index (κ3) is 4.43. The van der Waals surface area contributed by atoms with Crippen LogP contribution in [0, 0.1) is 0 Å². The molecule has 0 aliphatic heterocycles. The predicted molar refractivity (Wildman–Crippen MR) is 105 cm³/mol. The molecule has 0 heterocycles. The van der Waals surface area contributed by atoms with Gasteiger partial charge in [0.25, 0.3) is 10.0 Å². The Bertz CT molecular complexity index is 1020. The van der Waals surface area contributed by atoms with E-state index in [1.165, 1.54) is 24.3 Å². The minimum Gasteiger partial charge on any atom is -0.457 e. The number of para-hydroxylation sites is 1. The van der Waals surface area contributed by atoms with Gasteiger partial charge < -0.3 is 4.74 Å². The normalized spacial score (nSPS) is 11.2. The molecule has 3 rings (SSSR count). The van der Waals surface area contributed by atoms with Crippen molar-refractivity contribution in [2.75, 3.05) is 4.72 Å². The van der Waals surface area contributed by atoms with Gasteiger partial charge in [0.1, 0.15) is 11.5 Å². The Hall–Kier alpha value is -1.92. The van der Waals surface area contributed by atoms with Gasteiger partial charge in [0.05, 0.1) is 25.7 Å². The van der Waals surface area contributed by atoms with E-state index in [2.05, 4.69) is 4.72 Å². The molecule has 0 unspecified atom stereocenters. The fourth-order valence-electron chi connectivity index (χ4n) is 2.12. The Morgan fingerprint density at radius 3 is 1.96 bits per heavy atom. The van der Waals surface area contributed by atoms with Crippen LogP contribution in [0.1, 0.15) is 0 Å². The maximum Gasteiger partial charge on any atom is 0.261 e. The maximum absolute atomic E-state index is 12.5. The van der Waals surface area contributed by atoms with E-state index in [1.54, 1.807) is 24.3 Å². The molecule has 26 heavy (non-hydrogen) atoms. The lowest BCUT2D eigenvalue weighted by Crippen LogP contribution is -2.13. The molecule has 134 valence electrons. The summed E-state index contributed by atoms with van der Waals surface area (Å²) in [6.07, 6.45) is 0. The highest BCUT2D eigenvalue weighted by atomic mass is 35.5. The number of benzene rings is 3. The molecule has 0 amide bonds. The van der Waals surface area contributed by atoms with Gasteiger partial charge in [0.15, 0.2) is 0 Å². The molecule has 3 aromatic rings. The predicted octanol–water partition coefficient (Wildman–Crippen LogP) is 6.24. The van der Waals surface area contributed by atoms with E-state index < -0.39 is 10.0 Å². The number of ether oxygens (including phenoxy) is 1. The minimum atomic E-state index is -3.85. The van der Waals surface area contributed by atoms with Crippen molar-refractivity contribution < 1.29 is 13.2 Å². The van der Waals surface area contributed by atoms with Crippen molar-refractivity contribution in [3.8, 4) is 11.5 Å². The van der Waals surface area contributed by atoms with Crippen LogP contribution in [0.25, 0.3) is 0 Å². The van der Waals surface area contributed by atoms with Crippen LogP contribution in [0.4, 0.5) is 5.69 Å². The molecule has 8 heteroatoms. The lowest BCUT2D eigenvalue weighted by Gasteiger charge is -2.11. The Morgan fingerprint density at radius 2 is 1.31 bits per heavy atom. The van der Waals surface area contributed by atoms with Gasteiger partial charge >= 0.3 is 0 Å². The molecule has 1 N–H and O–H groups in total. The summed E-state index contributed by atoms with van der Waals surface area (Å²) >= 11 is 17.8. The van der Waals surface area contributed by atoms with Crippen LogP contribution in [0.2, 0.25) is 15.1 Å². The minimum absolute atomic E-state index is 0.0556. The Morgan fingerprint density at radius 1 is 0.731 bits per heavy atom. The van der Waals surface area contributed by atoms with Crippen molar-refractivity contribution in [1.29, 1.82) is 0 Å². The summed E-state index contributed by atoms with van der Waals surface area (Å²) in [7, 11) is -3.85. The molecule has 0 radical (unpaired) electrons. The number of halogens is 3. The van der Waals surface area contributed by atoms with Crippen molar-refractivity contribution in [2.45, 2.75) is 4.90 Å². The van der Waals surface area contributed by atoms with Crippen LogP contribution in [-0.4, -0.2) is 8.42 Å². The third-order valence-corrected chi connectivity index (χ3v) is 5.78. The fraction of sp³-hybridized carbons (Fsp3) is 0. The lowest BCUT2D eigenvalue weighted by molar-refractivity contribution is 0.482. The molecule has 0 atom stereocenters. The average Bonchev–Trinajstić information content (AvgIpc) is 2.61. The van der Waals surface area contributed by atoms with Crippen molar-refractivity contribution >= 4 is 50.5 Å². The Labute approximate surface area is 166 Å². The van der Waals surface area contributed by atoms with E-state index in [1.807, 2.05) is 18.2 Å². The number of hydrogen-bond acceptors (Lipinski definition) is 3. The zero-order valence-electron chi connectivity index (χ0n) is 13.1. The number of nitrogens with one attached hydrogen (secondary N) is 1. The smallest absolute Gasteiger partial charge is 0.261 e. The first kappa shape index (κ1) is 18.9. The van der Waals surface area contributed by atoms with Gasteiger partial charge in [-0.05, 0) is 48.5 Å². The summed E-state index contributed by atoms with van der Waals surface area (Å²) < 4.78 is 33.1. The van der Waals surface area contributed by atoms with E-state index in [-0.39, 0.29) is 25.7 Å². The van der Waals surface area contributed by atoms with E-state index >= 15 is 0 Å². The van der Waals surface area contributed by atoms with Crippen molar-refractivity contribution in [2.24, 2.45) is 0 Å². The number of sulfonamides is 1. The molecule has 4 nitrogen and oxygen atoms in total. The highest BCUT2D eigenvalue weighted by Gasteiger charge is 2.17. The zero-order chi connectivity index (χ0) is 18.7. The lowest BCUT2D eigenvalue weighted by atomic mass is 10.3. The van der Waals surface area contributed by atoms with Gasteiger partial charge in [-0.3, -0.25) is 4.72 Å². The van der Waals surface area contributed by atoms with Crippen molar-refractivity contribution in [3.05, 3.63) is 81.8 Å². The van der Waals surface area contributed by atoms with Crippen LogP contribution in [0.3, 0.4) is 0 Å². The van der Waals surface area contributed by atoms with E-state index in [0.717, 1.165) is 0 Å².